The lowest BCUT2D eigenvalue weighted by Gasteiger charge is -2.41. The fourth-order valence-electron chi connectivity index (χ4n) is 4.54. The van der Waals surface area contributed by atoms with Crippen LogP contribution in [0.15, 0.2) is 35.9 Å². The van der Waals surface area contributed by atoms with E-state index in [1.807, 2.05) is 24.3 Å². The molecule has 3 N–H and O–H groups in total. The van der Waals surface area contributed by atoms with Gasteiger partial charge >= 0.3 is 0 Å². The number of morpholine rings is 1. The van der Waals surface area contributed by atoms with Crippen LogP contribution in [0.5, 0.6) is 5.75 Å². The van der Waals surface area contributed by atoms with Crippen LogP contribution in [0, 0.1) is 9.49 Å². The Morgan fingerprint density at radius 1 is 1.23 bits per heavy atom. The molecule has 1 aromatic rings. The first-order chi connectivity index (χ1) is 17.0. The molecule has 0 bridgehead atoms. The largest absolute Gasteiger partial charge is 0.482 e. The van der Waals surface area contributed by atoms with Crippen molar-refractivity contribution in [3.63, 3.8) is 0 Å². The maximum Gasteiger partial charge on any atom is 0.247 e. The van der Waals surface area contributed by atoms with E-state index in [1.165, 1.54) is 0 Å². The van der Waals surface area contributed by atoms with Crippen molar-refractivity contribution in [1.82, 2.24) is 15.1 Å². The van der Waals surface area contributed by atoms with Gasteiger partial charge < -0.3 is 29.9 Å². The molecule has 1 aliphatic heterocycles. The minimum Gasteiger partial charge on any atom is -0.482 e. The predicted molar refractivity (Wildman–Crippen MR) is 138 cm³/mol. The number of ether oxygens (including phenoxy) is 2. The van der Waals surface area contributed by atoms with Crippen LogP contribution >= 0.6 is 22.6 Å². The molecule has 1 aromatic carbocycles. The first-order valence-corrected chi connectivity index (χ1v) is 13.4. The Morgan fingerprint density at radius 2 is 1.97 bits per heavy atom. The average molecular weight is 599 g/mol. The van der Waals surface area contributed by atoms with Crippen LogP contribution in [0.1, 0.15) is 19.3 Å². The number of hydrogen-bond donors (Lipinski definition) is 3. The highest BCUT2D eigenvalue weighted by atomic mass is 127. The molecular formula is C25H34IN3O6. The first-order valence-electron chi connectivity index (χ1n) is 12.3. The predicted octanol–water partition coefficient (Wildman–Crippen LogP) is 0.777. The lowest BCUT2D eigenvalue weighted by atomic mass is 9.88. The van der Waals surface area contributed by atoms with Gasteiger partial charge in [-0.25, -0.2) is 0 Å². The molecule has 0 spiro atoms. The van der Waals surface area contributed by atoms with Crippen molar-refractivity contribution < 1.29 is 29.3 Å². The molecule has 1 saturated carbocycles. The van der Waals surface area contributed by atoms with Gasteiger partial charge in [0, 0.05) is 50.6 Å². The average Bonchev–Trinajstić information content (AvgIpc) is 3.72. The first kappa shape index (κ1) is 26.3. The third kappa shape index (κ3) is 6.94. The standard InChI is InChI=1S/C25H34IN3O6/c26-19-3-1-2-4-21(19)35-22-16-18(24(32)27-7-12-30)15-20(23(22)31)29(25(33)17-5-6-17)9-8-28-10-13-34-14-11-28/h1-4,16-17,20,22-23,30-31H,5-15H2,(H,27,32)/t20-,22+,23+/m1/s1. The molecule has 0 radical (unpaired) electrons. The Morgan fingerprint density at radius 3 is 2.66 bits per heavy atom. The summed E-state index contributed by atoms with van der Waals surface area (Å²) in [6.07, 6.45) is 1.81. The number of carbonyl (C=O) groups excluding carboxylic acids is 2. The number of halogens is 1. The number of aliphatic hydroxyl groups is 2. The molecule has 3 atom stereocenters. The number of nitrogens with one attached hydrogen (secondary N) is 1. The lowest BCUT2D eigenvalue weighted by Crippen LogP contribution is -2.57. The van der Waals surface area contributed by atoms with E-state index < -0.39 is 18.2 Å². The summed E-state index contributed by atoms with van der Waals surface area (Å²) < 4.78 is 12.5. The van der Waals surface area contributed by atoms with Crippen LogP contribution < -0.4 is 10.1 Å². The van der Waals surface area contributed by atoms with Gasteiger partial charge in [-0.1, -0.05) is 12.1 Å². The summed E-state index contributed by atoms with van der Waals surface area (Å²) in [6.45, 7) is 4.09. The second-order valence-corrected chi connectivity index (χ2v) is 10.4. The third-order valence-electron chi connectivity index (χ3n) is 6.68. The molecule has 0 unspecified atom stereocenters. The highest BCUT2D eigenvalue weighted by Crippen LogP contribution is 2.35. The van der Waals surface area contributed by atoms with Gasteiger partial charge in [-0.2, -0.15) is 0 Å². The Kier molecular flexibility index (Phi) is 9.40. The molecule has 3 aliphatic rings. The molecule has 10 heteroatoms. The zero-order chi connectivity index (χ0) is 24.8. The lowest BCUT2D eigenvalue weighted by molar-refractivity contribution is -0.140. The van der Waals surface area contributed by atoms with Gasteiger partial charge in [-0.05, 0) is 53.6 Å². The summed E-state index contributed by atoms with van der Waals surface area (Å²) in [5.74, 6) is 0.308. The fraction of sp³-hybridized carbons (Fsp3) is 0.600. The van der Waals surface area contributed by atoms with Crippen LogP contribution in [-0.4, -0.2) is 103 Å². The minimum atomic E-state index is -0.993. The zero-order valence-corrected chi connectivity index (χ0v) is 21.9. The number of amides is 2. The van der Waals surface area contributed by atoms with Gasteiger partial charge in [0.2, 0.25) is 11.8 Å². The van der Waals surface area contributed by atoms with Crippen molar-refractivity contribution in [2.75, 3.05) is 52.5 Å². The Hall–Kier alpha value is -1.73. The van der Waals surface area contributed by atoms with E-state index in [-0.39, 0.29) is 37.3 Å². The molecule has 2 aliphatic carbocycles. The van der Waals surface area contributed by atoms with E-state index in [2.05, 4.69) is 32.8 Å². The molecule has 0 aromatic heterocycles. The summed E-state index contributed by atoms with van der Waals surface area (Å²) in [7, 11) is 0. The third-order valence-corrected chi connectivity index (χ3v) is 7.58. The zero-order valence-electron chi connectivity index (χ0n) is 19.8. The van der Waals surface area contributed by atoms with E-state index in [9.17, 15) is 14.7 Å². The van der Waals surface area contributed by atoms with E-state index >= 15 is 0 Å². The topological polar surface area (TPSA) is 112 Å². The molecule has 2 amide bonds. The summed E-state index contributed by atoms with van der Waals surface area (Å²) in [4.78, 5) is 30.3. The summed E-state index contributed by atoms with van der Waals surface area (Å²) in [5, 5.41) is 23.3. The molecular weight excluding hydrogens is 565 g/mol. The van der Waals surface area contributed by atoms with E-state index in [0.29, 0.717) is 37.6 Å². The molecule has 2 fully saturated rings. The van der Waals surface area contributed by atoms with E-state index in [4.69, 9.17) is 14.6 Å². The molecule has 192 valence electrons. The Bertz CT molecular complexity index is 918. The van der Waals surface area contributed by atoms with Crippen LogP contribution in [0.3, 0.4) is 0 Å². The maximum absolute atomic E-state index is 13.4. The van der Waals surface area contributed by atoms with Gasteiger partial charge in [-0.15, -0.1) is 0 Å². The van der Waals surface area contributed by atoms with Crippen LogP contribution in [0.4, 0.5) is 0 Å². The number of para-hydroxylation sites is 1. The van der Waals surface area contributed by atoms with Crippen molar-refractivity contribution in [2.45, 2.75) is 37.5 Å². The second-order valence-electron chi connectivity index (χ2n) is 9.21. The number of aliphatic hydroxyl groups excluding tert-OH is 2. The second kappa shape index (κ2) is 12.5. The number of benzene rings is 1. The van der Waals surface area contributed by atoms with Gasteiger partial charge in [0.05, 0.1) is 29.4 Å². The summed E-state index contributed by atoms with van der Waals surface area (Å²) >= 11 is 2.17. The molecule has 4 rings (SSSR count). The molecule has 1 heterocycles. The number of rotatable bonds is 10. The number of carbonyl (C=O) groups is 2. The van der Waals surface area contributed by atoms with Gasteiger partial charge in [0.25, 0.3) is 0 Å². The van der Waals surface area contributed by atoms with Crippen LogP contribution in [0.25, 0.3) is 0 Å². The SMILES string of the molecule is O=C(NCCO)C1=C[C@H](Oc2ccccc2I)[C@@H](O)[C@H](N(CCN2CCOCC2)C(=O)C2CC2)C1. The Labute approximate surface area is 219 Å². The van der Waals surface area contributed by atoms with Gasteiger partial charge in [0.15, 0.2) is 0 Å². The van der Waals surface area contributed by atoms with Crippen molar-refractivity contribution >= 4 is 34.4 Å². The molecule has 1 saturated heterocycles. The number of hydrogen-bond acceptors (Lipinski definition) is 7. The summed E-state index contributed by atoms with van der Waals surface area (Å²) in [5.41, 5.74) is 0.449. The minimum absolute atomic E-state index is 0.0149. The Balaban J connectivity index is 1.57. The van der Waals surface area contributed by atoms with Gasteiger partial charge in [0.1, 0.15) is 18.0 Å². The monoisotopic (exact) mass is 599 g/mol. The van der Waals surface area contributed by atoms with Crippen molar-refractivity contribution in [3.05, 3.63) is 39.5 Å². The molecule has 9 nitrogen and oxygen atoms in total. The van der Waals surface area contributed by atoms with Crippen LogP contribution in [-0.2, 0) is 14.3 Å². The van der Waals surface area contributed by atoms with Crippen molar-refractivity contribution in [1.29, 1.82) is 0 Å². The summed E-state index contributed by atoms with van der Waals surface area (Å²) in [6, 6.07) is 6.90. The van der Waals surface area contributed by atoms with E-state index in [1.54, 1.807) is 11.0 Å². The number of nitrogens with zero attached hydrogens (tertiary/aromatic N) is 2. The molecule has 35 heavy (non-hydrogen) atoms. The van der Waals surface area contributed by atoms with Crippen molar-refractivity contribution in [3.8, 4) is 5.75 Å². The fourth-order valence-corrected chi connectivity index (χ4v) is 5.06. The van der Waals surface area contributed by atoms with Crippen molar-refractivity contribution in [2.24, 2.45) is 5.92 Å². The highest BCUT2D eigenvalue weighted by Gasteiger charge is 2.43. The quantitative estimate of drug-likeness (QED) is 0.341. The van der Waals surface area contributed by atoms with Crippen LogP contribution in [0.2, 0.25) is 0 Å². The normalized spacial score (nSPS) is 25.0. The maximum atomic E-state index is 13.4. The van der Waals surface area contributed by atoms with E-state index in [0.717, 1.165) is 29.5 Å². The highest BCUT2D eigenvalue weighted by molar-refractivity contribution is 14.1. The smallest absolute Gasteiger partial charge is 0.247 e. The van der Waals surface area contributed by atoms with Gasteiger partial charge in [-0.3, -0.25) is 14.5 Å².